The van der Waals surface area contributed by atoms with Crippen molar-refractivity contribution in [3.05, 3.63) is 39.9 Å². The van der Waals surface area contributed by atoms with Crippen molar-refractivity contribution in [2.75, 3.05) is 0 Å². The number of carboxylic acid groups (broad SMARTS) is 1. The SMILES string of the molecule is Cc1nc(C#Cc2ncnc3c2cc(C(=O)O)n3C)cs1. The van der Waals surface area contributed by atoms with Gasteiger partial charge in [-0.05, 0) is 24.8 Å². The molecule has 0 unspecified atom stereocenters. The highest BCUT2D eigenvalue weighted by Crippen LogP contribution is 2.18. The summed E-state index contributed by atoms with van der Waals surface area (Å²) in [5.74, 6) is 4.86. The summed E-state index contributed by atoms with van der Waals surface area (Å²) in [6.07, 6.45) is 1.38. The first-order chi connectivity index (χ1) is 10.1. The third-order valence-corrected chi connectivity index (χ3v) is 3.74. The molecule has 0 aromatic carbocycles. The van der Waals surface area contributed by atoms with Crippen LogP contribution in [0.4, 0.5) is 0 Å². The first-order valence-corrected chi connectivity index (χ1v) is 6.92. The van der Waals surface area contributed by atoms with E-state index in [2.05, 4.69) is 26.8 Å². The molecule has 0 atom stereocenters. The Hall–Kier alpha value is -2.72. The topological polar surface area (TPSA) is 80.9 Å². The molecule has 3 aromatic heterocycles. The van der Waals surface area contributed by atoms with Gasteiger partial charge in [-0.15, -0.1) is 11.3 Å². The molecule has 0 spiro atoms. The Morgan fingerprint density at radius 2 is 2.19 bits per heavy atom. The molecule has 0 bridgehead atoms. The van der Waals surface area contributed by atoms with Crippen LogP contribution in [0.1, 0.15) is 26.9 Å². The summed E-state index contributed by atoms with van der Waals surface area (Å²) >= 11 is 1.53. The smallest absolute Gasteiger partial charge is 0.352 e. The Morgan fingerprint density at radius 3 is 2.86 bits per heavy atom. The van der Waals surface area contributed by atoms with Crippen molar-refractivity contribution >= 4 is 28.3 Å². The number of aromatic carboxylic acids is 1. The highest BCUT2D eigenvalue weighted by Gasteiger charge is 2.15. The summed E-state index contributed by atoms with van der Waals surface area (Å²) in [7, 11) is 1.65. The molecular weight excluding hydrogens is 288 g/mol. The molecule has 7 heteroatoms. The number of carboxylic acids is 1. The number of hydrogen-bond acceptors (Lipinski definition) is 5. The fourth-order valence-corrected chi connectivity index (χ4v) is 2.53. The summed E-state index contributed by atoms with van der Waals surface area (Å²) in [6.45, 7) is 1.91. The highest BCUT2D eigenvalue weighted by molar-refractivity contribution is 7.09. The number of aromatic nitrogens is 4. The molecule has 0 aliphatic carbocycles. The molecule has 0 aliphatic rings. The molecule has 104 valence electrons. The van der Waals surface area contributed by atoms with Crippen LogP contribution in [0.3, 0.4) is 0 Å². The molecule has 0 saturated heterocycles. The van der Waals surface area contributed by atoms with E-state index >= 15 is 0 Å². The molecule has 0 fully saturated rings. The van der Waals surface area contributed by atoms with Crippen LogP contribution in [0.5, 0.6) is 0 Å². The van der Waals surface area contributed by atoms with Gasteiger partial charge in [-0.25, -0.2) is 19.7 Å². The summed E-state index contributed by atoms with van der Waals surface area (Å²) in [5.41, 5.74) is 1.87. The molecule has 21 heavy (non-hydrogen) atoms. The molecule has 0 aliphatic heterocycles. The molecule has 3 aromatic rings. The average molecular weight is 298 g/mol. The minimum atomic E-state index is -1.01. The van der Waals surface area contributed by atoms with Gasteiger partial charge in [0.15, 0.2) is 0 Å². The molecule has 3 heterocycles. The zero-order valence-corrected chi connectivity index (χ0v) is 12.1. The molecule has 0 amide bonds. The monoisotopic (exact) mass is 298 g/mol. The third-order valence-electron chi connectivity index (χ3n) is 2.97. The van der Waals surface area contributed by atoms with Crippen molar-refractivity contribution in [2.45, 2.75) is 6.92 Å². The predicted octanol–water partition coefficient (Wildman–Crippen LogP) is 1.83. The Labute approximate surface area is 124 Å². The van der Waals surface area contributed by atoms with Gasteiger partial charge in [-0.3, -0.25) is 0 Å². The van der Waals surface area contributed by atoms with E-state index in [1.165, 1.54) is 28.3 Å². The Kier molecular flexibility index (Phi) is 3.16. The molecule has 1 N–H and O–H groups in total. The lowest BCUT2D eigenvalue weighted by molar-refractivity contribution is 0.0687. The van der Waals surface area contributed by atoms with Crippen LogP contribution >= 0.6 is 11.3 Å². The van der Waals surface area contributed by atoms with Gasteiger partial charge in [-0.1, -0.05) is 0 Å². The van der Waals surface area contributed by atoms with Crippen LogP contribution in [0.25, 0.3) is 11.0 Å². The van der Waals surface area contributed by atoms with Gasteiger partial charge in [0.25, 0.3) is 0 Å². The second-order valence-corrected chi connectivity index (χ2v) is 5.42. The minimum Gasteiger partial charge on any atom is -0.477 e. The lowest BCUT2D eigenvalue weighted by Gasteiger charge is -1.97. The Balaban J connectivity index is 2.13. The average Bonchev–Trinajstić information content (AvgIpc) is 3.01. The largest absolute Gasteiger partial charge is 0.477 e. The summed E-state index contributed by atoms with van der Waals surface area (Å²) in [6, 6.07) is 1.54. The lowest BCUT2D eigenvalue weighted by atomic mass is 10.2. The van der Waals surface area contributed by atoms with E-state index < -0.39 is 5.97 Å². The normalized spacial score (nSPS) is 10.4. The Morgan fingerprint density at radius 1 is 1.38 bits per heavy atom. The highest BCUT2D eigenvalue weighted by atomic mass is 32.1. The van der Waals surface area contributed by atoms with Crippen LogP contribution in [0.15, 0.2) is 17.8 Å². The van der Waals surface area contributed by atoms with E-state index in [1.54, 1.807) is 7.05 Å². The molecule has 6 nitrogen and oxygen atoms in total. The van der Waals surface area contributed by atoms with Crippen molar-refractivity contribution in [1.82, 2.24) is 19.5 Å². The van der Waals surface area contributed by atoms with Crippen molar-refractivity contribution in [2.24, 2.45) is 7.05 Å². The standard InChI is InChI=1S/C14H10N4O2S/c1-8-17-9(6-21-8)3-4-11-10-5-12(14(19)20)18(2)13(10)16-7-15-11/h5-7H,1-2H3,(H,19,20). The molecule has 0 saturated carbocycles. The fourth-order valence-electron chi connectivity index (χ4n) is 1.98. The van der Waals surface area contributed by atoms with Crippen molar-refractivity contribution in [3.8, 4) is 11.8 Å². The van der Waals surface area contributed by atoms with Crippen LogP contribution in [0, 0.1) is 18.8 Å². The van der Waals surface area contributed by atoms with Crippen molar-refractivity contribution in [3.63, 3.8) is 0 Å². The summed E-state index contributed by atoms with van der Waals surface area (Å²) < 4.78 is 1.51. The van der Waals surface area contributed by atoms with Gasteiger partial charge < -0.3 is 9.67 Å². The first kappa shape index (κ1) is 13.3. The first-order valence-electron chi connectivity index (χ1n) is 6.04. The van der Waals surface area contributed by atoms with E-state index in [4.69, 9.17) is 5.11 Å². The Bertz CT molecular complexity index is 914. The zero-order valence-electron chi connectivity index (χ0n) is 11.3. The maximum Gasteiger partial charge on any atom is 0.352 e. The number of nitrogens with zero attached hydrogens (tertiary/aromatic N) is 4. The van der Waals surface area contributed by atoms with Gasteiger partial charge in [0.1, 0.15) is 29.1 Å². The minimum absolute atomic E-state index is 0.151. The van der Waals surface area contributed by atoms with Crippen LogP contribution in [-0.2, 0) is 7.05 Å². The summed E-state index contributed by atoms with van der Waals surface area (Å²) in [5, 5.41) is 12.6. The molecule has 3 rings (SSSR count). The van der Waals surface area contributed by atoms with Crippen molar-refractivity contribution in [1.29, 1.82) is 0 Å². The quantitative estimate of drug-likeness (QED) is 0.693. The van der Waals surface area contributed by atoms with Crippen molar-refractivity contribution < 1.29 is 9.90 Å². The van der Waals surface area contributed by atoms with E-state index in [9.17, 15) is 4.79 Å². The number of thiazole rings is 1. The number of aryl methyl sites for hydroxylation is 2. The third kappa shape index (κ3) is 2.37. The lowest BCUT2D eigenvalue weighted by Crippen LogP contribution is -2.04. The number of rotatable bonds is 1. The summed E-state index contributed by atoms with van der Waals surface area (Å²) in [4.78, 5) is 23.7. The second kappa shape index (κ2) is 5.00. The van der Waals surface area contributed by atoms with Gasteiger partial charge >= 0.3 is 5.97 Å². The number of carbonyl (C=O) groups is 1. The second-order valence-electron chi connectivity index (χ2n) is 4.36. The van der Waals surface area contributed by atoms with Gasteiger partial charge in [0.2, 0.25) is 0 Å². The van der Waals surface area contributed by atoms with Crippen LogP contribution in [-0.4, -0.2) is 30.6 Å². The fraction of sp³-hybridized carbons (Fsp3) is 0.143. The van der Waals surface area contributed by atoms with Gasteiger partial charge in [-0.2, -0.15) is 0 Å². The van der Waals surface area contributed by atoms with E-state index in [1.807, 2.05) is 12.3 Å². The number of fused-ring (bicyclic) bond motifs is 1. The zero-order chi connectivity index (χ0) is 15.0. The van der Waals surface area contributed by atoms with Gasteiger partial charge in [0.05, 0.1) is 10.4 Å². The maximum atomic E-state index is 11.2. The predicted molar refractivity (Wildman–Crippen MR) is 78.3 cm³/mol. The molecule has 0 radical (unpaired) electrons. The van der Waals surface area contributed by atoms with E-state index in [0.29, 0.717) is 22.4 Å². The van der Waals surface area contributed by atoms with E-state index in [0.717, 1.165) is 5.01 Å². The number of hydrogen-bond donors (Lipinski definition) is 1. The van der Waals surface area contributed by atoms with Gasteiger partial charge in [0, 0.05) is 12.4 Å². The van der Waals surface area contributed by atoms with Crippen LogP contribution < -0.4 is 0 Å². The maximum absolute atomic E-state index is 11.2. The van der Waals surface area contributed by atoms with E-state index in [-0.39, 0.29) is 5.69 Å². The van der Waals surface area contributed by atoms with Crippen LogP contribution in [0.2, 0.25) is 0 Å². The molecular formula is C14H10N4O2S.